The van der Waals surface area contributed by atoms with Crippen LogP contribution in [0.25, 0.3) is 33.5 Å². The van der Waals surface area contributed by atoms with Crippen LogP contribution in [0.2, 0.25) is 0 Å². The summed E-state index contributed by atoms with van der Waals surface area (Å²) in [5.74, 6) is -1.12. The Balaban J connectivity index is 0.605. The van der Waals surface area contributed by atoms with Crippen LogP contribution in [0.5, 0.6) is 0 Å². The molecular formula is C72H92F2N25O42P6S2-. The highest BCUT2D eigenvalue weighted by atomic mass is 32.7. The van der Waals surface area contributed by atoms with E-state index in [2.05, 4.69) is 67.1 Å². The molecule has 10 aromatic heterocycles. The molecule has 0 aliphatic carbocycles. The van der Waals surface area contributed by atoms with Crippen molar-refractivity contribution in [3.63, 3.8) is 0 Å². The molecule has 0 spiro atoms. The van der Waals surface area contributed by atoms with Crippen LogP contribution in [0.15, 0.2) is 114 Å². The number of aromatic nitrogens is 20. The summed E-state index contributed by atoms with van der Waals surface area (Å²) in [6.45, 7) is -15.7. The number of aliphatic hydroxyl groups is 1. The van der Waals surface area contributed by atoms with Gasteiger partial charge in [-0.05, 0) is 30.4 Å². The van der Waals surface area contributed by atoms with Crippen molar-refractivity contribution in [2.75, 3.05) is 104 Å². The third kappa shape index (κ3) is 23.4. The summed E-state index contributed by atoms with van der Waals surface area (Å²) in [7, 11) is -18.4. The average molecular weight is 2270 g/mol. The number of aliphatic hydroxyl groups excluding tert-OH is 1. The largest absolute Gasteiger partial charge is 0.756 e. The molecule has 0 amide bonds. The number of thiol groups is 1. The minimum atomic E-state index is -6.10. The van der Waals surface area contributed by atoms with E-state index in [0.717, 1.165) is 71.4 Å². The first-order chi connectivity index (χ1) is 70.6. The van der Waals surface area contributed by atoms with Gasteiger partial charge in [0.1, 0.15) is 145 Å². The second-order valence-electron chi connectivity index (χ2n) is 33.3. The lowest BCUT2D eigenvalue weighted by atomic mass is 10.1. The normalized spacial score (nSPS) is 32.2. The molecule has 149 heavy (non-hydrogen) atoms. The molecule has 0 bridgehead atoms. The SMILES string of the molecule is CC[C@H]1O[C@@H](n2cnc3c(N)ncnc32)C(OC)[C@H]1OP(=O)([O-])OC[C@H]1O[C@@H](n2ccc(N)nc2=O)C(F)[C@H]1OP(=O)(O)OC[C@H]1O[C@@H](n2cnc3c(=O)[nH]c(N)nc32)C(OC)[C@H]1OP(=O)(O)OC[C@H]1O[C@@H](n2ccc(=O)[nH]c2=O)C(F)[C@H]1OP(=O)(O)OC[C@H]1O[C@@H](n2ccc(=O)[nH]c2=O)C(OC)[C@H]1OP(O)(=S)OC[C@H]1O[C@@H](n2cnc3c(N)ncnc32)C(OC)[C@H]1OP(=O)(S)OC[C@H]1O[C@@H](n2ccc(N)nc2=O)C(OC)[C@H]1O. The van der Waals surface area contributed by atoms with Gasteiger partial charge in [0.2, 0.25) is 5.95 Å². The third-order valence-electron chi connectivity index (χ3n) is 24.2. The van der Waals surface area contributed by atoms with E-state index in [1.54, 1.807) is 6.92 Å². The number of halogens is 2. The van der Waals surface area contributed by atoms with E-state index in [4.69, 9.17) is 152 Å². The van der Waals surface area contributed by atoms with E-state index in [0.29, 0.717) is 21.4 Å². The van der Waals surface area contributed by atoms with Gasteiger partial charge >= 0.3 is 59.7 Å². The van der Waals surface area contributed by atoms with E-state index < -0.39 is 307 Å². The number of H-pyrrole nitrogens is 3. The number of nitrogens with one attached hydrogen (secondary N) is 3. The fourth-order valence-electron chi connectivity index (χ4n) is 17.5. The third-order valence-corrected chi connectivity index (χ3v) is 31.3. The molecule has 0 radical (unpaired) electrons. The predicted octanol–water partition coefficient (Wildman–Crippen LogP) is -3.44. The van der Waals surface area contributed by atoms with Crippen molar-refractivity contribution in [3.05, 3.63) is 154 Å². The number of alkyl halides is 2. The second kappa shape index (κ2) is 44.5. The quantitative estimate of drug-likeness (QED) is 0.0131. The first-order valence-corrected chi connectivity index (χ1v) is 54.9. The van der Waals surface area contributed by atoms with Gasteiger partial charge in [-0.2, -0.15) is 15.0 Å². The molecule has 13 unspecified atom stereocenters. The first-order valence-electron chi connectivity index (χ1n) is 43.6. The summed E-state index contributed by atoms with van der Waals surface area (Å²) in [5.41, 5.74) is 21.4. The van der Waals surface area contributed by atoms with Crippen LogP contribution in [0.4, 0.5) is 38.0 Å². The summed E-state index contributed by atoms with van der Waals surface area (Å²) in [5, 5.41) is 11.4. The Kier molecular flexibility index (Phi) is 33.0. The number of nitrogens with two attached hydrogens (primary N) is 5. The molecule has 7 aliphatic heterocycles. The van der Waals surface area contributed by atoms with E-state index in [1.807, 2.05) is 9.97 Å². The number of nitrogens with zero attached hydrogens (tertiary/aromatic N) is 17. The minimum Gasteiger partial charge on any atom is -0.756 e. The van der Waals surface area contributed by atoms with Crippen LogP contribution in [0.3, 0.4) is 0 Å². The summed E-state index contributed by atoms with van der Waals surface area (Å²) >= 11 is 9.82. The lowest BCUT2D eigenvalue weighted by Crippen LogP contribution is -2.40. The van der Waals surface area contributed by atoms with Crippen LogP contribution in [0.1, 0.15) is 56.9 Å². The van der Waals surface area contributed by atoms with E-state index >= 15 is 8.78 Å². The van der Waals surface area contributed by atoms with Gasteiger partial charge in [-0.1, -0.05) is 19.2 Å². The molecule has 10 aromatic rings. The first kappa shape index (κ1) is 111. The number of fused-ring (bicyclic) bond motifs is 3. The lowest BCUT2D eigenvalue weighted by molar-refractivity contribution is -0.236. The molecule has 7 saturated heterocycles. The van der Waals surface area contributed by atoms with Crippen molar-refractivity contribution >= 4 is 132 Å². The summed E-state index contributed by atoms with van der Waals surface area (Å²) < 4.78 is 253. The van der Waals surface area contributed by atoms with Gasteiger partial charge in [0.05, 0.1) is 64.7 Å². The summed E-state index contributed by atoms with van der Waals surface area (Å²) in [6.07, 6.45) is -43.2. The predicted molar refractivity (Wildman–Crippen MR) is 493 cm³/mol. The number of anilines is 5. The smallest absolute Gasteiger partial charge is 0.472 e. The molecule has 0 aromatic carbocycles. The highest BCUT2D eigenvalue weighted by molar-refractivity contribution is 8.44. The van der Waals surface area contributed by atoms with Crippen LogP contribution in [-0.4, -0.2) is 325 Å². The number of rotatable bonds is 43. The fraction of sp³-hybridized carbons (Fsp3) is 0.569. The monoisotopic (exact) mass is 2270 g/mol. The number of hydrogen-bond donors (Lipinski definition) is 14. The van der Waals surface area contributed by atoms with Crippen LogP contribution < -0.4 is 73.0 Å². The van der Waals surface area contributed by atoms with Gasteiger partial charge in [-0.25, -0.2) is 81.1 Å². The standard InChI is InChI=1S/C72H93F2N25O42P6S2/c1-7-27-46(51(119-3)65(129-27)97-24-84-40-55(77)80-22-82-57(40)97)138-144(112,113)123-17-29-44(38(73)61(131-29)93-12-8-34(75)87-69(93)104)136-142(108,109)125-19-31-47(52(120-4)67(134-31)99-26-86-42-59(99)91-68(79)92-60(42)103)139-145(114,115)124-18-30-45(39(74)62(132-30)94-14-10-36(100)89-71(94)106)137-143(110,111)126-20-32-48(53(121-5)64(133-32)96-15-11-37(101)90-72(96)107)140-147(117,149)128-21-33-49(54(122-6)66(135-33)98-25-85-41-56(78)81-23-83-58(41)98)141-146(116,148)127-16-28-43(102)50(118-2)63(130-28)95-13-9-35(76)88-70(95)105/h8-15,22-33,38-39,43-54,61-67,102H,7,16-21H2,1-6H3,(H,108,109)(H,110,111)(H,112,113)(H,114,115)(H,116,148)(H,117,149)(H2,75,87,104)(H2,76,88,105)(H2,77,80,82)(H2,78,81,83)(H,89,100,106)(H,90,101,107)(H3,79,91,92,103)/p-1/t27-,28-,29-,30-,31-,32-,33-,38?,39?,43+,44+,45+,46+,47+,48+,49+,50?,51?,52?,53?,54?,61-,62-,63-,64-,65-,66-,67-,146?,147?/m1/s1. The van der Waals surface area contributed by atoms with Gasteiger partial charge in [0.25, 0.3) is 24.5 Å². The number of aromatic amines is 3. The summed E-state index contributed by atoms with van der Waals surface area (Å²) in [6, 6.07) is 3.85. The van der Waals surface area contributed by atoms with Crippen molar-refractivity contribution in [1.29, 1.82) is 0 Å². The fourth-order valence-corrected chi connectivity index (χ4v) is 24.2. The summed E-state index contributed by atoms with van der Waals surface area (Å²) in [4.78, 5) is 199. The molecule has 77 heteroatoms. The number of methoxy groups -OCH3 is 5. The molecule has 67 nitrogen and oxygen atoms in total. The Morgan fingerprint density at radius 3 is 1.22 bits per heavy atom. The molecule has 814 valence electrons. The van der Waals surface area contributed by atoms with Crippen molar-refractivity contribution in [1.82, 2.24) is 96.8 Å². The van der Waals surface area contributed by atoms with Gasteiger partial charge in [-0.15, -0.1) is 0 Å². The zero-order valence-electron chi connectivity index (χ0n) is 77.2. The number of ether oxygens (including phenoxy) is 12. The van der Waals surface area contributed by atoms with Gasteiger partial charge in [-0.3, -0.25) is 107 Å². The maximum atomic E-state index is 17.6. The van der Waals surface area contributed by atoms with Gasteiger partial charge in [0, 0.05) is 72.5 Å². The topological polar surface area (TPSA) is 891 Å². The van der Waals surface area contributed by atoms with Crippen LogP contribution in [0, 0.1) is 0 Å². The lowest BCUT2D eigenvalue weighted by Gasteiger charge is -2.31. The number of imidazole rings is 3. The van der Waals surface area contributed by atoms with E-state index in [1.165, 1.54) is 55.4 Å². The van der Waals surface area contributed by atoms with Crippen molar-refractivity contribution in [2.24, 2.45) is 0 Å². The maximum Gasteiger partial charge on any atom is 0.472 e. The van der Waals surface area contributed by atoms with Gasteiger partial charge < -0.3 is 129 Å². The average Bonchev–Trinajstić information content (AvgIpc) is 1.61. The molecule has 0 saturated carbocycles. The Bertz CT molecular complexity index is 7370. The maximum absolute atomic E-state index is 17.6. The minimum absolute atomic E-state index is 0.00779. The van der Waals surface area contributed by atoms with E-state index in [-0.39, 0.29) is 57.7 Å². The number of phosphoric acid groups is 4. The number of nitrogen functional groups attached to an aromatic ring is 5. The van der Waals surface area contributed by atoms with Crippen molar-refractivity contribution in [3.8, 4) is 0 Å². The Labute approximate surface area is 839 Å². The molecule has 34 atom stereocenters. The molecule has 7 aliphatic rings. The van der Waals surface area contributed by atoms with E-state index in [9.17, 15) is 86.0 Å². The zero-order chi connectivity index (χ0) is 107. The number of hydrogen-bond acceptors (Lipinski definition) is 54. The molecule has 7 fully saturated rings. The van der Waals surface area contributed by atoms with Crippen LogP contribution in [-0.2, 0) is 146 Å². The number of phosphoric ester groups is 4. The van der Waals surface area contributed by atoms with Crippen molar-refractivity contribution < 1.29 is 172 Å². The van der Waals surface area contributed by atoms with Crippen LogP contribution >= 0.6 is 57.1 Å². The Hall–Kier alpha value is -9.62. The zero-order valence-corrected chi connectivity index (χ0v) is 84.3. The molecular weight excluding hydrogens is 2170 g/mol. The highest BCUT2D eigenvalue weighted by Gasteiger charge is 2.60. The molecule has 18 N–H and O–H groups in total. The Morgan fingerprint density at radius 1 is 0.409 bits per heavy atom. The molecule has 17 heterocycles. The highest BCUT2D eigenvalue weighted by Crippen LogP contribution is 2.61. The van der Waals surface area contributed by atoms with Crippen molar-refractivity contribution in [2.45, 2.75) is 185 Å². The Morgan fingerprint density at radius 2 is 0.765 bits per heavy atom. The second-order valence-corrected chi connectivity index (χ2v) is 44.5. The van der Waals surface area contributed by atoms with Gasteiger partial charge in [0.15, 0.2) is 90.0 Å². The molecule has 17 rings (SSSR count).